The van der Waals surface area contributed by atoms with Crippen LogP contribution in [0.25, 0.3) is 0 Å². The molecule has 1 heterocycles. The van der Waals surface area contributed by atoms with Crippen molar-refractivity contribution in [2.45, 2.75) is 13.3 Å². The second-order valence-electron chi connectivity index (χ2n) is 1.88. The molecule has 0 fully saturated rings. The highest BCUT2D eigenvalue weighted by Gasteiger charge is 2.05. The summed E-state index contributed by atoms with van der Waals surface area (Å²) in [6, 6.07) is 0. The number of hydrogen-bond acceptors (Lipinski definition) is 3. The SMILES string of the molecule is Cc1s[c]nc1CC(=O)O. The molecule has 0 aliphatic heterocycles. The number of hydrogen-bond donors (Lipinski definition) is 1. The van der Waals surface area contributed by atoms with Crippen molar-refractivity contribution in [1.82, 2.24) is 4.98 Å². The van der Waals surface area contributed by atoms with Gasteiger partial charge in [-0.2, -0.15) is 0 Å². The highest BCUT2D eigenvalue weighted by molar-refractivity contribution is 7.09. The molecule has 1 rings (SSSR count). The van der Waals surface area contributed by atoms with Crippen molar-refractivity contribution in [2.24, 2.45) is 0 Å². The van der Waals surface area contributed by atoms with Crippen LogP contribution in [0.5, 0.6) is 0 Å². The first kappa shape index (κ1) is 7.21. The molecule has 10 heavy (non-hydrogen) atoms. The Hall–Kier alpha value is -0.900. The van der Waals surface area contributed by atoms with E-state index in [2.05, 4.69) is 10.5 Å². The minimum atomic E-state index is -0.845. The van der Waals surface area contributed by atoms with Gasteiger partial charge in [-0.1, -0.05) is 0 Å². The lowest BCUT2D eigenvalue weighted by Crippen LogP contribution is -2.01. The predicted molar refractivity (Wildman–Crippen MR) is 37.0 cm³/mol. The number of rotatable bonds is 2. The molecule has 1 radical (unpaired) electrons. The van der Waals surface area contributed by atoms with E-state index < -0.39 is 5.97 Å². The van der Waals surface area contributed by atoms with Crippen LogP contribution in [0, 0.1) is 12.4 Å². The summed E-state index contributed by atoms with van der Waals surface area (Å²) in [5.74, 6) is -0.845. The fraction of sp³-hybridized carbons (Fsp3) is 0.333. The first-order valence-electron chi connectivity index (χ1n) is 2.74. The van der Waals surface area contributed by atoms with Crippen LogP contribution in [0.3, 0.4) is 0 Å². The smallest absolute Gasteiger partial charge is 0.309 e. The average Bonchev–Trinajstić information content (AvgIpc) is 2.15. The molecule has 0 bridgehead atoms. The maximum absolute atomic E-state index is 10.2. The van der Waals surface area contributed by atoms with Gasteiger partial charge in [0.15, 0.2) is 5.51 Å². The molecule has 1 N–H and O–H groups in total. The molecule has 53 valence electrons. The Bertz CT molecular complexity index is 244. The quantitative estimate of drug-likeness (QED) is 0.691. The second kappa shape index (κ2) is 2.79. The molecule has 4 heteroatoms. The molecule has 1 aromatic heterocycles. The maximum Gasteiger partial charge on any atom is 0.309 e. The zero-order valence-electron chi connectivity index (χ0n) is 5.42. The fourth-order valence-corrected chi connectivity index (χ4v) is 1.12. The number of aliphatic carboxylic acids is 1. The number of carboxylic acid groups (broad SMARTS) is 1. The standard InChI is InChI=1S/C6H6NO2S/c1-4-5(2-6(8)9)7-3-10-4/h2H2,1H3,(H,8,9). The molecule has 3 nitrogen and oxygen atoms in total. The van der Waals surface area contributed by atoms with E-state index in [9.17, 15) is 4.79 Å². The van der Waals surface area contributed by atoms with Crippen LogP contribution >= 0.6 is 11.3 Å². The van der Waals surface area contributed by atoms with E-state index in [4.69, 9.17) is 5.11 Å². The van der Waals surface area contributed by atoms with Gasteiger partial charge in [-0.15, -0.1) is 11.3 Å². The van der Waals surface area contributed by atoms with Gasteiger partial charge in [0, 0.05) is 4.88 Å². The molecular formula is C6H6NO2S. The van der Waals surface area contributed by atoms with Crippen LogP contribution in [0.1, 0.15) is 10.6 Å². The summed E-state index contributed by atoms with van der Waals surface area (Å²) < 4.78 is 0. The first-order chi connectivity index (χ1) is 4.70. The lowest BCUT2D eigenvalue weighted by atomic mass is 10.3. The van der Waals surface area contributed by atoms with E-state index >= 15 is 0 Å². The number of aromatic nitrogens is 1. The van der Waals surface area contributed by atoms with Gasteiger partial charge >= 0.3 is 5.97 Å². The Morgan fingerprint density at radius 2 is 2.60 bits per heavy atom. The Kier molecular flexibility index (Phi) is 2.01. The Morgan fingerprint density at radius 3 is 3.00 bits per heavy atom. The van der Waals surface area contributed by atoms with Gasteiger partial charge in [0.1, 0.15) is 0 Å². The summed E-state index contributed by atoms with van der Waals surface area (Å²) in [6.07, 6.45) is 0.00579. The number of nitrogens with zero attached hydrogens (tertiary/aromatic N) is 1. The summed E-state index contributed by atoms with van der Waals surface area (Å²) in [5, 5.41) is 8.36. The van der Waals surface area contributed by atoms with Gasteiger partial charge in [0.2, 0.25) is 0 Å². The van der Waals surface area contributed by atoms with Gasteiger partial charge in [-0.05, 0) is 6.92 Å². The number of carbonyl (C=O) groups is 1. The Balaban J connectivity index is 2.74. The zero-order chi connectivity index (χ0) is 7.56. The fourth-order valence-electron chi connectivity index (χ4n) is 0.591. The van der Waals surface area contributed by atoms with Crippen molar-refractivity contribution < 1.29 is 9.90 Å². The normalized spacial score (nSPS) is 9.70. The third kappa shape index (κ3) is 1.54. The third-order valence-electron chi connectivity index (χ3n) is 1.10. The van der Waals surface area contributed by atoms with Crippen LogP contribution in [0.4, 0.5) is 0 Å². The molecule has 0 amide bonds. The molecule has 1 aromatic rings. The minimum absolute atomic E-state index is 0.00579. The summed E-state index contributed by atoms with van der Waals surface area (Å²) >= 11 is 1.35. The molecule has 0 saturated carbocycles. The Labute approximate surface area is 62.3 Å². The van der Waals surface area contributed by atoms with Crippen molar-refractivity contribution >= 4 is 17.3 Å². The summed E-state index contributed by atoms with van der Waals surface area (Å²) in [7, 11) is 0. The van der Waals surface area contributed by atoms with E-state index in [1.165, 1.54) is 11.3 Å². The van der Waals surface area contributed by atoms with Crippen molar-refractivity contribution in [2.75, 3.05) is 0 Å². The van der Waals surface area contributed by atoms with E-state index in [0.29, 0.717) is 5.69 Å². The average molecular weight is 156 g/mol. The zero-order valence-corrected chi connectivity index (χ0v) is 6.23. The molecule has 0 spiro atoms. The molecule has 0 unspecified atom stereocenters. The van der Waals surface area contributed by atoms with Gasteiger partial charge in [0.05, 0.1) is 12.1 Å². The maximum atomic E-state index is 10.2. The molecular weight excluding hydrogens is 150 g/mol. The number of aryl methyl sites for hydroxylation is 1. The third-order valence-corrected chi connectivity index (χ3v) is 1.83. The van der Waals surface area contributed by atoms with Crippen LogP contribution in [-0.4, -0.2) is 16.1 Å². The highest BCUT2D eigenvalue weighted by atomic mass is 32.1. The molecule has 0 saturated heterocycles. The largest absolute Gasteiger partial charge is 0.481 e. The second-order valence-corrected chi connectivity index (χ2v) is 2.88. The predicted octanol–water partition coefficient (Wildman–Crippen LogP) is 0.879. The van der Waals surface area contributed by atoms with Crippen molar-refractivity contribution in [3.05, 3.63) is 16.1 Å². The molecule has 0 atom stereocenters. The topological polar surface area (TPSA) is 50.2 Å². The lowest BCUT2D eigenvalue weighted by molar-refractivity contribution is -0.136. The van der Waals surface area contributed by atoms with E-state index in [0.717, 1.165) is 4.88 Å². The first-order valence-corrected chi connectivity index (χ1v) is 3.56. The molecule has 0 aromatic carbocycles. The van der Waals surface area contributed by atoms with Gasteiger partial charge < -0.3 is 5.11 Å². The van der Waals surface area contributed by atoms with Crippen molar-refractivity contribution in [3.8, 4) is 0 Å². The lowest BCUT2D eigenvalue weighted by Gasteiger charge is -1.89. The summed E-state index contributed by atoms with van der Waals surface area (Å²) in [6.45, 7) is 1.84. The Morgan fingerprint density at radius 1 is 1.90 bits per heavy atom. The van der Waals surface area contributed by atoms with E-state index in [-0.39, 0.29) is 6.42 Å². The summed E-state index contributed by atoms with van der Waals surface area (Å²) in [4.78, 5) is 14.9. The van der Waals surface area contributed by atoms with Gasteiger partial charge in [-0.25, -0.2) is 4.98 Å². The minimum Gasteiger partial charge on any atom is -0.481 e. The van der Waals surface area contributed by atoms with Gasteiger partial charge in [0.25, 0.3) is 0 Å². The number of carboxylic acids is 1. The van der Waals surface area contributed by atoms with Crippen LogP contribution in [0.2, 0.25) is 0 Å². The van der Waals surface area contributed by atoms with E-state index in [1.54, 1.807) is 0 Å². The van der Waals surface area contributed by atoms with Gasteiger partial charge in [-0.3, -0.25) is 4.79 Å². The van der Waals surface area contributed by atoms with Crippen LogP contribution in [-0.2, 0) is 11.2 Å². The molecule has 0 aliphatic carbocycles. The van der Waals surface area contributed by atoms with Crippen molar-refractivity contribution in [1.29, 1.82) is 0 Å². The van der Waals surface area contributed by atoms with Crippen LogP contribution in [0.15, 0.2) is 0 Å². The van der Waals surface area contributed by atoms with Crippen LogP contribution < -0.4 is 0 Å². The van der Waals surface area contributed by atoms with Crippen molar-refractivity contribution in [3.63, 3.8) is 0 Å². The molecule has 0 aliphatic rings. The summed E-state index contributed by atoms with van der Waals surface area (Å²) in [5.41, 5.74) is 3.25. The monoisotopic (exact) mass is 156 g/mol. The number of thiazole rings is 1. The van der Waals surface area contributed by atoms with E-state index in [1.807, 2.05) is 6.92 Å². The highest BCUT2D eigenvalue weighted by Crippen LogP contribution is 2.10.